The third-order valence-corrected chi connectivity index (χ3v) is 4.53. The molecule has 0 spiro atoms. The predicted octanol–water partition coefficient (Wildman–Crippen LogP) is 3.05. The molecule has 1 fully saturated rings. The first-order valence-corrected chi connectivity index (χ1v) is 8.80. The molecule has 1 aromatic heterocycles. The predicted molar refractivity (Wildman–Crippen MR) is 96.0 cm³/mol. The van der Waals surface area contributed by atoms with Crippen LogP contribution in [0.25, 0.3) is 0 Å². The number of nitrogens with zero attached hydrogens (tertiary/aromatic N) is 2. The highest BCUT2D eigenvalue weighted by molar-refractivity contribution is 5.94. The maximum Gasteiger partial charge on any atom is 0.337 e. The van der Waals surface area contributed by atoms with Crippen LogP contribution in [0.3, 0.4) is 0 Å². The van der Waals surface area contributed by atoms with Gasteiger partial charge in [0.05, 0.1) is 17.4 Å². The molecule has 2 aromatic rings. The molecule has 1 N–H and O–H groups in total. The molecule has 1 unspecified atom stereocenters. The lowest BCUT2D eigenvalue weighted by molar-refractivity contribution is 0.0502. The van der Waals surface area contributed by atoms with Crippen LogP contribution in [0.1, 0.15) is 44.9 Å². The minimum Gasteiger partial charge on any atom is -0.478 e. The molecule has 0 saturated carbocycles. The number of aromatic carboxylic acids is 1. The third-order valence-electron chi connectivity index (χ3n) is 4.53. The Balaban J connectivity index is 1.85. The summed E-state index contributed by atoms with van der Waals surface area (Å²) < 4.78 is 19.2. The lowest BCUT2D eigenvalue weighted by atomic mass is 10.1. The number of benzene rings is 1. The van der Waals surface area contributed by atoms with Crippen molar-refractivity contribution in [2.75, 3.05) is 13.2 Å². The van der Waals surface area contributed by atoms with E-state index in [1.54, 1.807) is 24.0 Å². The number of hydrogen-bond donors (Lipinski definition) is 1. The van der Waals surface area contributed by atoms with E-state index in [0.717, 1.165) is 12.8 Å². The van der Waals surface area contributed by atoms with Crippen LogP contribution in [0.15, 0.2) is 36.4 Å². The van der Waals surface area contributed by atoms with Gasteiger partial charge in [0.2, 0.25) is 0 Å². The fourth-order valence-corrected chi connectivity index (χ4v) is 3.18. The van der Waals surface area contributed by atoms with E-state index < -0.39 is 5.97 Å². The van der Waals surface area contributed by atoms with Crippen molar-refractivity contribution in [3.8, 4) is 0 Å². The Morgan fingerprint density at radius 2 is 2.15 bits per heavy atom. The molecule has 1 aliphatic heterocycles. The second-order valence-corrected chi connectivity index (χ2v) is 6.59. The standard InChI is InChI=1S/C20H21FN2O4/c1-13-17(20(25)26)7-8-18(22-13)19(24)23(12-16-6-3-9-27-16)11-14-4-2-5-15(21)10-14/h2,4-5,7-8,10,16H,3,6,9,11-12H2,1H3,(H,25,26). The van der Waals surface area contributed by atoms with Gasteiger partial charge in [0.15, 0.2) is 0 Å². The summed E-state index contributed by atoms with van der Waals surface area (Å²) in [7, 11) is 0. The van der Waals surface area contributed by atoms with Crippen LogP contribution < -0.4 is 0 Å². The molecular weight excluding hydrogens is 351 g/mol. The van der Waals surface area contributed by atoms with E-state index in [9.17, 15) is 14.0 Å². The summed E-state index contributed by atoms with van der Waals surface area (Å²) in [6, 6.07) is 8.89. The Morgan fingerprint density at radius 3 is 2.78 bits per heavy atom. The quantitative estimate of drug-likeness (QED) is 0.843. The first-order chi connectivity index (χ1) is 12.9. The Bertz CT molecular complexity index is 850. The number of ether oxygens (including phenoxy) is 1. The SMILES string of the molecule is Cc1nc(C(=O)N(Cc2cccc(F)c2)CC2CCCO2)ccc1C(=O)O. The topological polar surface area (TPSA) is 79.7 Å². The molecule has 1 saturated heterocycles. The van der Waals surface area contributed by atoms with Gasteiger partial charge in [-0.3, -0.25) is 4.79 Å². The van der Waals surface area contributed by atoms with Gasteiger partial charge in [-0.2, -0.15) is 0 Å². The van der Waals surface area contributed by atoms with Crippen LogP contribution in [0, 0.1) is 12.7 Å². The average molecular weight is 372 g/mol. The van der Waals surface area contributed by atoms with Gasteiger partial charge in [0, 0.05) is 19.7 Å². The first-order valence-electron chi connectivity index (χ1n) is 8.80. The van der Waals surface area contributed by atoms with Crippen molar-refractivity contribution >= 4 is 11.9 Å². The summed E-state index contributed by atoms with van der Waals surface area (Å²) >= 11 is 0. The molecule has 7 heteroatoms. The number of pyridine rings is 1. The largest absolute Gasteiger partial charge is 0.478 e. The van der Waals surface area contributed by atoms with E-state index in [0.29, 0.717) is 18.7 Å². The summed E-state index contributed by atoms with van der Waals surface area (Å²) in [4.78, 5) is 29.9. The van der Waals surface area contributed by atoms with E-state index in [1.165, 1.54) is 24.3 Å². The molecule has 0 bridgehead atoms. The summed E-state index contributed by atoms with van der Waals surface area (Å²) in [6.45, 7) is 2.81. The van der Waals surface area contributed by atoms with Gasteiger partial charge >= 0.3 is 5.97 Å². The zero-order chi connectivity index (χ0) is 19.4. The minimum absolute atomic E-state index is 0.0577. The second kappa shape index (κ2) is 8.26. The van der Waals surface area contributed by atoms with Gasteiger partial charge in [-0.15, -0.1) is 0 Å². The van der Waals surface area contributed by atoms with Crippen molar-refractivity contribution in [1.29, 1.82) is 0 Å². The molecular formula is C20H21FN2O4. The van der Waals surface area contributed by atoms with Gasteiger partial charge < -0.3 is 14.7 Å². The monoisotopic (exact) mass is 372 g/mol. The Labute approximate surface area is 156 Å². The highest BCUT2D eigenvalue weighted by Crippen LogP contribution is 2.18. The van der Waals surface area contributed by atoms with Crippen molar-refractivity contribution in [1.82, 2.24) is 9.88 Å². The number of halogens is 1. The second-order valence-electron chi connectivity index (χ2n) is 6.59. The number of aryl methyl sites for hydroxylation is 1. The molecule has 0 radical (unpaired) electrons. The number of carboxylic acids is 1. The maximum atomic E-state index is 13.5. The van der Waals surface area contributed by atoms with Crippen LogP contribution in [0.5, 0.6) is 0 Å². The zero-order valence-electron chi connectivity index (χ0n) is 15.0. The number of amides is 1. The zero-order valence-corrected chi connectivity index (χ0v) is 15.0. The number of aromatic nitrogens is 1. The number of carbonyl (C=O) groups is 2. The fraction of sp³-hybridized carbons (Fsp3) is 0.350. The lowest BCUT2D eigenvalue weighted by Gasteiger charge is -2.25. The van der Waals surface area contributed by atoms with E-state index in [1.807, 2.05) is 0 Å². The van der Waals surface area contributed by atoms with E-state index in [4.69, 9.17) is 9.84 Å². The normalized spacial score (nSPS) is 16.3. The van der Waals surface area contributed by atoms with Crippen molar-refractivity contribution in [2.24, 2.45) is 0 Å². The van der Waals surface area contributed by atoms with Gasteiger partial charge in [-0.25, -0.2) is 14.2 Å². The molecule has 6 nitrogen and oxygen atoms in total. The third kappa shape index (κ3) is 4.68. The van der Waals surface area contributed by atoms with E-state index >= 15 is 0 Å². The summed E-state index contributed by atoms with van der Waals surface area (Å²) in [6.07, 6.45) is 1.73. The molecule has 1 aliphatic rings. The minimum atomic E-state index is -1.09. The van der Waals surface area contributed by atoms with Crippen molar-refractivity contribution in [3.05, 3.63) is 64.7 Å². The average Bonchev–Trinajstić information content (AvgIpc) is 3.13. The van der Waals surface area contributed by atoms with E-state index in [-0.39, 0.29) is 41.3 Å². The van der Waals surface area contributed by atoms with Gasteiger partial charge in [0.1, 0.15) is 11.5 Å². The number of carboxylic acid groups (broad SMARTS) is 1. The van der Waals surface area contributed by atoms with Gasteiger partial charge in [-0.1, -0.05) is 12.1 Å². The fourth-order valence-electron chi connectivity index (χ4n) is 3.18. The highest BCUT2D eigenvalue weighted by atomic mass is 19.1. The highest BCUT2D eigenvalue weighted by Gasteiger charge is 2.25. The van der Waals surface area contributed by atoms with Crippen LogP contribution in [0.4, 0.5) is 4.39 Å². The lowest BCUT2D eigenvalue weighted by Crippen LogP contribution is -2.37. The molecule has 27 heavy (non-hydrogen) atoms. The van der Waals surface area contributed by atoms with Gasteiger partial charge in [-0.05, 0) is 49.6 Å². The number of hydrogen-bond acceptors (Lipinski definition) is 4. The Morgan fingerprint density at radius 1 is 1.33 bits per heavy atom. The first kappa shape index (κ1) is 19.0. The van der Waals surface area contributed by atoms with Crippen LogP contribution in [-0.2, 0) is 11.3 Å². The molecule has 3 rings (SSSR count). The van der Waals surface area contributed by atoms with Crippen molar-refractivity contribution in [3.63, 3.8) is 0 Å². The van der Waals surface area contributed by atoms with Crippen LogP contribution in [0.2, 0.25) is 0 Å². The number of rotatable bonds is 6. The molecule has 0 aliphatic carbocycles. The van der Waals surface area contributed by atoms with Crippen LogP contribution in [-0.4, -0.2) is 46.1 Å². The Kier molecular flexibility index (Phi) is 5.81. The molecule has 1 aromatic carbocycles. The number of carbonyl (C=O) groups excluding carboxylic acids is 1. The molecule has 2 heterocycles. The molecule has 1 amide bonds. The van der Waals surface area contributed by atoms with Crippen molar-refractivity contribution in [2.45, 2.75) is 32.4 Å². The molecule has 1 atom stereocenters. The summed E-state index contributed by atoms with van der Waals surface area (Å²) in [5.74, 6) is -1.79. The molecule has 142 valence electrons. The smallest absolute Gasteiger partial charge is 0.337 e. The summed E-state index contributed by atoms with van der Waals surface area (Å²) in [5.41, 5.74) is 1.16. The van der Waals surface area contributed by atoms with Crippen LogP contribution >= 0.6 is 0 Å². The summed E-state index contributed by atoms with van der Waals surface area (Å²) in [5, 5.41) is 9.13. The van der Waals surface area contributed by atoms with E-state index in [2.05, 4.69) is 4.98 Å². The van der Waals surface area contributed by atoms with Crippen molar-refractivity contribution < 1.29 is 23.8 Å². The van der Waals surface area contributed by atoms with Gasteiger partial charge in [0.25, 0.3) is 5.91 Å². The Hall–Kier alpha value is -2.80. The maximum absolute atomic E-state index is 13.5.